The molecule has 0 radical (unpaired) electrons. The zero-order valence-electron chi connectivity index (χ0n) is 17.7. The van der Waals surface area contributed by atoms with Gasteiger partial charge in [0, 0.05) is 13.1 Å². The summed E-state index contributed by atoms with van der Waals surface area (Å²) in [5.74, 6) is 0.800. The molecule has 0 saturated carbocycles. The average Bonchev–Trinajstić information content (AvgIpc) is 3.27. The minimum atomic E-state index is -0.0238. The first-order valence-electron chi connectivity index (χ1n) is 9.98. The van der Waals surface area contributed by atoms with Gasteiger partial charge < -0.3 is 9.64 Å². The Kier molecular flexibility index (Phi) is 7.21. The van der Waals surface area contributed by atoms with Crippen LogP contribution in [-0.2, 0) is 0 Å². The minimum absolute atomic E-state index is 0.0238. The SMILES string of the molecule is CCOc1ccc2nc(N(CCN(CC)CC)C(=O)c3sc(C)nc3C)sc2c1. The van der Waals surface area contributed by atoms with Gasteiger partial charge in [-0.15, -0.1) is 11.3 Å². The molecule has 6 nitrogen and oxygen atoms in total. The quantitative estimate of drug-likeness (QED) is 0.488. The lowest BCUT2D eigenvalue weighted by Crippen LogP contribution is -2.38. The second-order valence-corrected chi connectivity index (χ2v) is 8.90. The molecule has 0 atom stereocenters. The van der Waals surface area contributed by atoms with Crippen molar-refractivity contribution in [2.75, 3.05) is 37.7 Å². The average molecular weight is 433 g/mol. The van der Waals surface area contributed by atoms with Crippen LogP contribution in [0, 0.1) is 13.8 Å². The summed E-state index contributed by atoms with van der Waals surface area (Å²) in [7, 11) is 0. The monoisotopic (exact) mass is 432 g/mol. The molecule has 0 bridgehead atoms. The summed E-state index contributed by atoms with van der Waals surface area (Å²) in [6, 6.07) is 5.87. The number of amides is 1. The first-order valence-corrected chi connectivity index (χ1v) is 11.6. The number of fused-ring (bicyclic) bond motifs is 1. The van der Waals surface area contributed by atoms with E-state index in [1.165, 1.54) is 22.7 Å². The van der Waals surface area contributed by atoms with Crippen LogP contribution in [-0.4, -0.2) is 53.6 Å². The number of nitrogens with zero attached hydrogens (tertiary/aromatic N) is 4. The predicted molar refractivity (Wildman–Crippen MR) is 122 cm³/mol. The van der Waals surface area contributed by atoms with E-state index >= 15 is 0 Å². The van der Waals surface area contributed by atoms with Crippen LogP contribution in [0.4, 0.5) is 5.13 Å². The van der Waals surface area contributed by atoms with E-state index in [1.807, 2.05) is 43.9 Å². The van der Waals surface area contributed by atoms with Crippen molar-refractivity contribution in [3.63, 3.8) is 0 Å². The maximum Gasteiger partial charge on any atom is 0.272 e. The highest BCUT2D eigenvalue weighted by Gasteiger charge is 2.25. The lowest BCUT2D eigenvalue weighted by molar-refractivity contribution is 0.0987. The van der Waals surface area contributed by atoms with Gasteiger partial charge >= 0.3 is 0 Å². The van der Waals surface area contributed by atoms with Gasteiger partial charge in [-0.05, 0) is 52.1 Å². The number of carbonyl (C=O) groups is 1. The Bertz CT molecular complexity index is 978. The minimum Gasteiger partial charge on any atom is -0.494 e. The maximum atomic E-state index is 13.4. The first-order chi connectivity index (χ1) is 14.0. The van der Waals surface area contributed by atoms with E-state index in [1.54, 1.807) is 0 Å². The van der Waals surface area contributed by atoms with E-state index in [-0.39, 0.29) is 5.91 Å². The molecule has 8 heteroatoms. The van der Waals surface area contributed by atoms with Gasteiger partial charge in [0.15, 0.2) is 5.13 Å². The molecule has 0 fully saturated rings. The molecule has 1 aromatic carbocycles. The van der Waals surface area contributed by atoms with Crippen LogP contribution in [0.1, 0.15) is 41.1 Å². The van der Waals surface area contributed by atoms with E-state index in [2.05, 4.69) is 23.7 Å². The van der Waals surface area contributed by atoms with Crippen molar-refractivity contribution in [1.82, 2.24) is 14.9 Å². The lowest BCUT2D eigenvalue weighted by atomic mass is 10.3. The van der Waals surface area contributed by atoms with E-state index in [4.69, 9.17) is 9.72 Å². The molecule has 0 aliphatic carbocycles. The molecule has 29 heavy (non-hydrogen) atoms. The fourth-order valence-corrected chi connectivity index (χ4v) is 5.07. The number of aryl methyl sites for hydroxylation is 2. The summed E-state index contributed by atoms with van der Waals surface area (Å²) in [4.78, 5) is 27.4. The molecule has 0 saturated heterocycles. The number of thiazole rings is 2. The Labute approximate surface area is 180 Å². The Morgan fingerprint density at radius 3 is 2.45 bits per heavy atom. The van der Waals surface area contributed by atoms with Gasteiger partial charge in [0.1, 0.15) is 10.6 Å². The van der Waals surface area contributed by atoms with Gasteiger partial charge in [0.05, 0.1) is 27.5 Å². The molecule has 3 rings (SSSR count). The molecule has 156 valence electrons. The molecular formula is C21H28N4O2S2. The molecular weight excluding hydrogens is 404 g/mol. The lowest BCUT2D eigenvalue weighted by Gasteiger charge is -2.24. The summed E-state index contributed by atoms with van der Waals surface area (Å²) in [5, 5.41) is 1.62. The molecule has 1 amide bonds. The number of hydrogen-bond donors (Lipinski definition) is 0. The second kappa shape index (κ2) is 9.65. The first kappa shape index (κ1) is 21.7. The predicted octanol–water partition coefficient (Wildman–Crippen LogP) is 4.76. The van der Waals surface area contributed by atoms with Crippen molar-refractivity contribution < 1.29 is 9.53 Å². The fourth-order valence-electron chi connectivity index (χ4n) is 3.18. The number of anilines is 1. The zero-order chi connectivity index (χ0) is 21.0. The fraction of sp³-hybridized carbons (Fsp3) is 0.476. The third kappa shape index (κ3) is 4.94. The summed E-state index contributed by atoms with van der Waals surface area (Å²) < 4.78 is 6.63. The second-order valence-electron chi connectivity index (χ2n) is 6.69. The Balaban J connectivity index is 1.96. The number of ether oxygens (including phenoxy) is 1. The van der Waals surface area contributed by atoms with E-state index in [0.29, 0.717) is 18.0 Å². The summed E-state index contributed by atoms with van der Waals surface area (Å²) >= 11 is 2.98. The highest BCUT2D eigenvalue weighted by Crippen LogP contribution is 2.33. The summed E-state index contributed by atoms with van der Waals surface area (Å²) in [6.45, 7) is 14.0. The molecule has 2 heterocycles. The standard InChI is InChI=1S/C21H28N4O2S2/c1-6-24(7-2)11-12-25(20(26)19-14(4)22-15(5)28-19)21-23-17-10-9-16(27-8-3)13-18(17)29-21/h9-10,13H,6-8,11-12H2,1-5H3. The van der Waals surface area contributed by atoms with Crippen molar-refractivity contribution in [3.05, 3.63) is 33.8 Å². The molecule has 3 aromatic rings. The van der Waals surface area contributed by atoms with Gasteiger partial charge in [-0.1, -0.05) is 25.2 Å². The summed E-state index contributed by atoms with van der Waals surface area (Å²) in [6.07, 6.45) is 0. The van der Waals surface area contributed by atoms with E-state index in [9.17, 15) is 4.79 Å². The largest absolute Gasteiger partial charge is 0.494 e. The van der Waals surface area contributed by atoms with Crippen molar-refractivity contribution in [3.8, 4) is 5.75 Å². The van der Waals surface area contributed by atoms with Crippen LogP contribution in [0.25, 0.3) is 10.2 Å². The summed E-state index contributed by atoms with van der Waals surface area (Å²) in [5.41, 5.74) is 1.66. The maximum absolute atomic E-state index is 13.4. The van der Waals surface area contributed by atoms with Gasteiger partial charge in [-0.25, -0.2) is 9.97 Å². The van der Waals surface area contributed by atoms with Gasteiger partial charge in [-0.2, -0.15) is 0 Å². The van der Waals surface area contributed by atoms with E-state index < -0.39 is 0 Å². The molecule has 0 unspecified atom stereocenters. The number of likely N-dealkylation sites (N-methyl/N-ethyl adjacent to an activating group) is 1. The van der Waals surface area contributed by atoms with Crippen molar-refractivity contribution in [2.24, 2.45) is 0 Å². The van der Waals surface area contributed by atoms with Crippen molar-refractivity contribution in [1.29, 1.82) is 0 Å². The normalized spacial score (nSPS) is 11.4. The van der Waals surface area contributed by atoms with Crippen LogP contribution in [0.2, 0.25) is 0 Å². The third-order valence-corrected chi connectivity index (χ3v) is 6.87. The van der Waals surface area contributed by atoms with Crippen LogP contribution < -0.4 is 9.64 Å². The van der Waals surface area contributed by atoms with Crippen LogP contribution in [0.15, 0.2) is 18.2 Å². The molecule has 0 aliphatic heterocycles. The van der Waals surface area contributed by atoms with E-state index in [0.717, 1.165) is 51.4 Å². The van der Waals surface area contributed by atoms with Crippen LogP contribution in [0.5, 0.6) is 5.75 Å². The molecule has 2 aromatic heterocycles. The van der Waals surface area contributed by atoms with Crippen LogP contribution >= 0.6 is 22.7 Å². The smallest absolute Gasteiger partial charge is 0.272 e. The molecule has 0 aliphatic rings. The van der Waals surface area contributed by atoms with Crippen molar-refractivity contribution in [2.45, 2.75) is 34.6 Å². The third-order valence-electron chi connectivity index (χ3n) is 4.77. The Morgan fingerprint density at radius 1 is 1.07 bits per heavy atom. The van der Waals surface area contributed by atoms with Gasteiger partial charge in [-0.3, -0.25) is 9.69 Å². The van der Waals surface area contributed by atoms with Crippen LogP contribution in [0.3, 0.4) is 0 Å². The highest BCUT2D eigenvalue weighted by molar-refractivity contribution is 7.22. The Morgan fingerprint density at radius 2 is 1.83 bits per heavy atom. The van der Waals surface area contributed by atoms with Gasteiger partial charge in [0.2, 0.25) is 0 Å². The van der Waals surface area contributed by atoms with Crippen molar-refractivity contribution >= 4 is 43.9 Å². The van der Waals surface area contributed by atoms with Gasteiger partial charge in [0.25, 0.3) is 5.91 Å². The highest BCUT2D eigenvalue weighted by atomic mass is 32.1. The molecule has 0 N–H and O–H groups in total. The number of hydrogen-bond acceptors (Lipinski definition) is 7. The number of carbonyl (C=O) groups excluding carboxylic acids is 1. The number of benzene rings is 1. The number of aromatic nitrogens is 2. The Hall–Kier alpha value is -2.03. The topological polar surface area (TPSA) is 58.6 Å². The zero-order valence-corrected chi connectivity index (χ0v) is 19.3. The number of rotatable bonds is 9. The molecule has 0 spiro atoms.